The Hall–Kier alpha value is -5.37. The van der Waals surface area contributed by atoms with Crippen molar-refractivity contribution >= 4 is 28.4 Å². The summed E-state index contributed by atoms with van der Waals surface area (Å²) >= 11 is 0. The number of hydrogen-bond donors (Lipinski definition) is 1. The maximum atomic E-state index is 14.5. The van der Waals surface area contributed by atoms with Gasteiger partial charge in [0.1, 0.15) is 52.6 Å². The number of imidazole rings is 2. The second-order valence-corrected chi connectivity index (χ2v) is 13.0. The van der Waals surface area contributed by atoms with Crippen molar-refractivity contribution in [2.75, 3.05) is 26.2 Å². The Morgan fingerprint density at radius 3 is 1.88 bits per heavy atom. The summed E-state index contributed by atoms with van der Waals surface area (Å²) in [6, 6.07) is 13.4. The third-order valence-corrected chi connectivity index (χ3v) is 8.52. The van der Waals surface area contributed by atoms with Crippen molar-refractivity contribution in [3.05, 3.63) is 85.2 Å². The van der Waals surface area contributed by atoms with Crippen molar-refractivity contribution < 1.29 is 18.3 Å². The molecule has 2 fully saturated rings. The molecule has 8 rings (SSSR count). The summed E-state index contributed by atoms with van der Waals surface area (Å²) < 4.78 is 38.1. The summed E-state index contributed by atoms with van der Waals surface area (Å²) in [5.74, 6) is 0.490. The summed E-state index contributed by atoms with van der Waals surface area (Å²) in [4.78, 5) is 40.0. The van der Waals surface area contributed by atoms with Crippen LogP contribution in [0.25, 0.3) is 45.1 Å². The highest BCUT2D eigenvalue weighted by molar-refractivity contribution is 5.78. The minimum atomic E-state index is -0.553. The van der Waals surface area contributed by atoms with Crippen LogP contribution in [0, 0.1) is 11.6 Å². The first-order chi connectivity index (χ1) is 23.7. The quantitative estimate of drug-likeness (QED) is 0.242. The average Bonchev–Trinajstić information content (AvgIpc) is 3.89. The van der Waals surface area contributed by atoms with E-state index in [2.05, 4.69) is 35.2 Å². The smallest absolute Gasteiger partial charge is 0.410 e. The molecule has 6 aromatic rings. The Morgan fingerprint density at radius 1 is 0.816 bits per heavy atom. The lowest BCUT2D eigenvalue weighted by atomic mass is 10.1. The number of carbonyl (C=O) groups is 1. The van der Waals surface area contributed by atoms with Crippen LogP contribution in [0.1, 0.15) is 45.7 Å². The minimum absolute atomic E-state index is 0.0815. The van der Waals surface area contributed by atoms with Gasteiger partial charge in [0.2, 0.25) is 0 Å². The van der Waals surface area contributed by atoms with Crippen LogP contribution >= 0.6 is 0 Å². The molecule has 0 saturated carbocycles. The molecule has 4 aromatic heterocycles. The summed E-state index contributed by atoms with van der Waals surface area (Å²) in [5.41, 5.74) is 3.03. The molecule has 2 aliphatic rings. The fourth-order valence-electron chi connectivity index (χ4n) is 6.36. The Bertz CT molecular complexity index is 2120. The maximum absolute atomic E-state index is 14.5. The summed E-state index contributed by atoms with van der Waals surface area (Å²) in [5, 5.41) is 3.33. The molecule has 2 saturated heterocycles. The molecular formula is C35H36F2N10O2. The summed E-state index contributed by atoms with van der Waals surface area (Å²) in [6.45, 7) is 8.33. The van der Waals surface area contributed by atoms with Gasteiger partial charge in [0, 0.05) is 19.6 Å². The second-order valence-electron chi connectivity index (χ2n) is 13.0. The number of hydrogen-bond acceptors (Lipinski definition) is 9. The lowest BCUT2D eigenvalue weighted by Crippen LogP contribution is -2.35. The van der Waals surface area contributed by atoms with Crippen LogP contribution in [-0.2, 0) is 4.74 Å². The number of carbonyl (C=O) groups excluding carboxylic acids is 1. The number of benzene rings is 2. The maximum Gasteiger partial charge on any atom is 0.410 e. The van der Waals surface area contributed by atoms with E-state index in [0.717, 1.165) is 25.2 Å². The zero-order chi connectivity index (χ0) is 34.1. The average molecular weight is 667 g/mol. The fourth-order valence-corrected chi connectivity index (χ4v) is 6.36. The molecule has 14 heteroatoms. The molecule has 1 amide bonds. The molecule has 1 N–H and O–H groups in total. The number of ether oxygens (including phenoxy) is 1. The Morgan fingerprint density at radius 2 is 1.37 bits per heavy atom. The van der Waals surface area contributed by atoms with E-state index < -0.39 is 5.60 Å². The van der Waals surface area contributed by atoms with Gasteiger partial charge >= 0.3 is 6.09 Å². The van der Waals surface area contributed by atoms with E-state index >= 15 is 0 Å². The van der Waals surface area contributed by atoms with Gasteiger partial charge in [-0.25, -0.2) is 43.5 Å². The molecule has 2 aromatic carbocycles. The van der Waals surface area contributed by atoms with Gasteiger partial charge in [-0.2, -0.15) is 0 Å². The van der Waals surface area contributed by atoms with Crippen molar-refractivity contribution in [2.45, 2.75) is 51.3 Å². The number of fused-ring (bicyclic) bond motifs is 2. The van der Waals surface area contributed by atoms with E-state index in [-0.39, 0.29) is 29.8 Å². The van der Waals surface area contributed by atoms with Crippen LogP contribution in [0.5, 0.6) is 0 Å². The van der Waals surface area contributed by atoms with Crippen LogP contribution in [0.15, 0.2) is 73.6 Å². The van der Waals surface area contributed by atoms with Gasteiger partial charge in [0.15, 0.2) is 11.3 Å². The monoisotopic (exact) mass is 666 g/mol. The minimum Gasteiger partial charge on any atom is -0.444 e. The normalized spacial score (nSPS) is 17.8. The lowest BCUT2D eigenvalue weighted by Gasteiger charge is -2.24. The third-order valence-electron chi connectivity index (χ3n) is 8.52. The van der Waals surface area contributed by atoms with Crippen molar-refractivity contribution in [3.8, 4) is 22.8 Å². The van der Waals surface area contributed by atoms with E-state index in [4.69, 9.17) is 4.74 Å². The highest BCUT2D eigenvalue weighted by Crippen LogP contribution is 2.34. The van der Waals surface area contributed by atoms with Crippen LogP contribution in [0.4, 0.5) is 13.6 Å². The van der Waals surface area contributed by atoms with Gasteiger partial charge in [-0.15, -0.1) is 0 Å². The van der Waals surface area contributed by atoms with E-state index in [1.54, 1.807) is 47.6 Å². The molecule has 0 radical (unpaired) electrons. The SMILES string of the molecule is CC(C)(C)OC(=O)N1CCC(n2c(-c3ccccc3F)nc3cncnc32)C1.Fc1ccccc1-c1nc2cncnc2n1C1CCNC1. The van der Waals surface area contributed by atoms with Crippen molar-refractivity contribution in [3.63, 3.8) is 0 Å². The Balaban J connectivity index is 0.000000160. The molecule has 0 spiro atoms. The molecule has 2 atom stereocenters. The zero-order valence-electron chi connectivity index (χ0n) is 27.4. The number of nitrogens with one attached hydrogen (secondary N) is 1. The first-order valence-corrected chi connectivity index (χ1v) is 16.2. The number of rotatable bonds is 4. The topological polar surface area (TPSA) is 129 Å². The number of halogens is 2. The molecule has 12 nitrogen and oxygen atoms in total. The molecule has 0 aliphatic carbocycles. The van der Waals surface area contributed by atoms with Gasteiger partial charge in [0.05, 0.1) is 35.6 Å². The zero-order valence-corrected chi connectivity index (χ0v) is 27.4. The molecule has 6 heterocycles. The van der Waals surface area contributed by atoms with Crippen molar-refractivity contribution in [1.82, 2.24) is 49.3 Å². The molecule has 2 aliphatic heterocycles. The van der Waals surface area contributed by atoms with Gasteiger partial charge < -0.3 is 24.1 Å². The largest absolute Gasteiger partial charge is 0.444 e. The van der Waals surface area contributed by atoms with Gasteiger partial charge in [-0.1, -0.05) is 24.3 Å². The van der Waals surface area contributed by atoms with Crippen LogP contribution in [0.2, 0.25) is 0 Å². The second kappa shape index (κ2) is 13.3. The van der Waals surface area contributed by atoms with Crippen LogP contribution in [-0.4, -0.2) is 81.8 Å². The standard InChI is InChI=1S/C20H22FN5O2.C15H14FN5/c1-20(2,3)28-19(27)25-9-8-13(11-25)26-17(14-6-4-5-7-15(14)21)24-16-10-22-12-23-18(16)26;16-12-4-2-1-3-11(12)14-20-13-8-18-9-19-15(13)21(14)10-5-6-17-7-10/h4-7,10,12-13H,8-9,11H2,1-3H3;1-4,8-10,17H,5-7H2. The summed E-state index contributed by atoms with van der Waals surface area (Å²) in [7, 11) is 0. The van der Waals surface area contributed by atoms with E-state index in [1.165, 1.54) is 24.8 Å². The van der Waals surface area contributed by atoms with Gasteiger partial charge in [0.25, 0.3) is 0 Å². The number of likely N-dealkylation sites (tertiary alicyclic amines) is 1. The molecule has 0 bridgehead atoms. The van der Waals surface area contributed by atoms with Crippen LogP contribution < -0.4 is 5.32 Å². The number of amides is 1. The highest BCUT2D eigenvalue weighted by atomic mass is 19.1. The lowest BCUT2D eigenvalue weighted by molar-refractivity contribution is 0.0289. The summed E-state index contributed by atoms with van der Waals surface area (Å²) in [6.07, 6.45) is 7.59. The van der Waals surface area contributed by atoms with Crippen molar-refractivity contribution in [1.29, 1.82) is 0 Å². The Kier molecular flexibility index (Phi) is 8.71. The molecule has 2 unspecified atom stereocenters. The predicted molar refractivity (Wildman–Crippen MR) is 179 cm³/mol. The Labute approximate surface area is 281 Å². The van der Waals surface area contributed by atoms with E-state index in [9.17, 15) is 13.6 Å². The molecular weight excluding hydrogens is 630 g/mol. The molecule has 49 heavy (non-hydrogen) atoms. The first kappa shape index (κ1) is 32.2. The van der Waals surface area contributed by atoms with Crippen molar-refractivity contribution in [2.24, 2.45) is 0 Å². The predicted octanol–water partition coefficient (Wildman–Crippen LogP) is 5.98. The van der Waals surface area contributed by atoms with E-state index in [0.29, 0.717) is 59.0 Å². The number of nitrogens with zero attached hydrogens (tertiary/aromatic N) is 9. The molecule has 252 valence electrons. The number of aromatic nitrogens is 8. The van der Waals surface area contributed by atoms with Gasteiger partial charge in [-0.3, -0.25) is 0 Å². The third kappa shape index (κ3) is 6.55. The van der Waals surface area contributed by atoms with Crippen LogP contribution in [0.3, 0.4) is 0 Å². The van der Waals surface area contributed by atoms with E-state index in [1.807, 2.05) is 36.0 Å². The highest BCUT2D eigenvalue weighted by Gasteiger charge is 2.33. The first-order valence-electron chi connectivity index (χ1n) is 16.2. The van der Waals surface area contributed by atoms with Gasteiger partial charge in [-0.05, 0) is 64.4 Å². The fraction of sp³-hybridized carbons (Fsp3) is 0.343.